The third-order valence-corrected chi connectivity index (χ3v) is 5.22. The molecular weight excluding hydrogens is 340 g/mol. The fourth-order valence-electron chi connectivity index (χ4n) is 1.91. The number of hydrogen-bond donors (Lipinski definition) is 1. The Hall–Kier alpha value is -2.06. The standard InChI is InChI=1S/C15H11F2N3OS2/c1-8(14(21)20-12-9(16)3-2-4-10(12)17)23-15-13-11(5-6-22-13)18-7-19-15/h2-8H,1H3,(H,20,21)/t8-/m1/s1. The van der Waals surface area contributed by atoms with Gasteiger partial charge < -0.3 is 5.32 Å². The van der Waals surface area contributed by atoms with E-state index in [1.165, 1.54) is 35.5 Å². The van der Waals surface area contributed by atoms with Crippen molar-refractivity contribution in [1.82, 2.24) is 9.97 Å². The number of nitrogens with zero attached hydrogens (tertiary/aromatic N) is 2. The second-order valence-electron chi connectivity index (χ2n) is 4.66. The maximum absolute atomic E-state index is 13.6. The van der Waals surface area contributed by atoms with Crippen LogP contribution in [0.3, 0.4) is 0 Å². The number of para-hydroxylation sites is 1. The topological polar surface area (TPSA) is 54.9 Å². The van der Waals surface area contributed by atoms with Crippen molar-refractivity contribution >= 4 is 44.9 Å². The number of hydrogen-bond acceptors (Lipinski definition) is 5. The number of anilines is 1. The van der Waals surface area contributed by atoms with Crippen LogP contribution >= 0.6 is 23.1 Å². The number of halogens is 2. The number of amides is 1. The first-order valence-corrected chi connectivity index (χ1v) is 8.42. The fourth-order valence-corrected chi connectivity index (χ4v) is 3.75. The average molecular weight is 351 g/mol. The first-order valence-electron chi connectivity index (χ1n) is 6.66. The largest absolute Gasteiger partial charge is 0.320 e. The van der Waals surface area contributed by atoms with Crippen molar-refractivity contribution in [1.29, 1.82) is 0 Å². The van der Waals surface area contributed by atoms with Crippen molar-refractivity contribution in [2.45, 2.75) is 17.2 Å². The molecule has 0 saturated heterocycles. The lowest BCUT2D eigenvalue weighted by Gasteiger charge is -2.12. The number of benzene rings is 1. The van der Waals surface area contributed by atoms with Crippen LogP contribution < -0.4 is 5.32 Å². The highest BCUT2D eigenvalue weighted by atomic mass is 32.2. The van der Waals surface area contributed by atoms with Crippen molar-refractivity contribution in [3.63, 3.8) is 0 Å². The summed E-state index contributed by atoms with van der Waals surface area (Å²) >= 11 is 2.70. The van der Waals surface area contributed by atoms with Crippen molar-refractivity contribution in [3.05, 3.63) is 47.6 Å². The Labute approximate surface area is 139 Å². The smallest absolute Gasteiger partial charge is 0.237 e. The molecule has 3 aromatic rings. The molecule has 1 atom stereocenters. The van der Waals surface area contributed by atoms with Gasteiger partial charge >= 0.3 is 0 Å². The minimum Gasteiger partial charge on any atom is -0.320 e. The molecule has 0 aliphatic rings. The molecule has 2 heterocycles. The first-order chi connectivity index (χ1) is 11.1. The van der Waals surface area contributed by atoms with Crippen LogP contribution in [0.25, 0.3) is 10.2 Å². The summed E-state index contributed by atoms with van der Waals surface area (Å²) in [5.41, 5.74) is 0.370. The molecule has 0 unspecified atom stereocenters. The summed E-state index contributed by atoms with van der Waals surface area (Å²) in [6, 6.07) is 5.30. The Morgan fingerprint density at radius 2 is 2.00 bits per heavy atom. The number of thioether (sulfide) groups is 1. The second kappa shape index (κ2) is 6.59. The lowest BCUT2D eigenvalue weighted by atomic mass is 10.3. The van der Waals surface area contributed by atoms with E-state index in [9.17, 15) is 13.6 Å². The van der Waals surface area contributed by atoms with Gasteiger partial charge in [-0.25, -0.2) is 18.7 Å². The van der Waals surface area contributed by atoms with Crippen molar-refractivity contribution in [2.24, 2.45) is 0 Å². The predicted molar refractivity (Wildman–Crippen MR) is 87.7 cm³/mol. The average Bonchev–Trinajstić information content (AvgIpc) is 3.00. The summed E-state index contributed by atoms with van der Waals surface area (Å²) in [5.74, 6) is -2.11. The van der Waals surface area contributed by atoms with Gasteiger partial charge in [0.2, 0.25) is 5.91 Å². The summed E-state index contributed by atoms with van der Waals surface area (Å²) < 4.78 is 28.1. The number of carbonyl (C=O) groups is 1. The summed E-state index contributed by atoms with van der Waals surface area (Å²) in [6.45, 7) is 1.65. The normalized spacial score (nSPS) is 12.3. The fraction of sp³-hybridized carbons (Fsp3) is 0.133. The van der Waals surface area contributed by atoms with Gasteiger partial charge in [-0.3, -0.25) is 4.79 Å². The van der Waals surface area contributed by atoms with Gasteiger partial charge in [-0.05, 0) is 30.5 Å². The van der Waals surface area contributed by atoms with Gasteiger partial charge in [-0.2, -0.15) is 0 Å². The van der Waals surface area contributed by atoms with Gasteiger partial charge in [0.05, 0.1) is 15.5 Å². The Kier molecular flexibility index (Phi) is 4.53. The van der Waals surface area contributed by atoms with Gasteiger partial charge in [0.15, 0.2) is 0 Å². The number of carbonyl (C=O) groups excluding carboxylic acids is 1. The molecular formula is C15H11F2N3OS2. The van der Waals surface area contributed by atoms with Crippen LogP contribution in [0.2, 0.25) is 0 Å². The summed E-state index contributed by atoms with van der Waals surface area (Å²) in [6.07, 6.45) is 1.43. The van der Waals surface area contributed by atoms with Crippen molar-refractivity contribution < 1.29 is 13.6 Å². The van der Waals surface area contributed by atoms with E-state index in [0.717, 1.165) is 22.3 Å². The number of aromatic nitrogens is 2. The SMILES string of the molecule is C[C@@H](Sc1ncnc2ccsc12)C(=O)Nc1c(F)cccc1F. The lowest BCUT2D eigenvalue weighted by Crippen LogP contribution is -2.23. The first kappa shape index (κ1) is 15.8. The number of rotatable bonds is 4. The molecule has 2 aromatic heterocycles. The molecule has 0 radical (unpaired) electrons. The molecule has 8 heteroatoms. The molecule has 118 valence electrons. The minimum absolute atomic E-state index is 0.436. The molecule has 0 aliphatic heterocycles. The zero-order chi connectivity index (χ0) is 16.4. The third-order valence-electron chi connectivity index (χ3n) is 3.08. The quantitative estimate of drug-likeness (QED) is 0.568. The molecule has 0 aliphatic carbocycles. The Balaban J connectivity index is 1.77. The highest BCUT2D eigenvalue weighted by Crippen LogP contribution is 2.31. The Bertz CT molecular complexity index is 849. The van der Waals surface area contributed by atoms with Crippen LogP contribution in [-0.4, -0.2) is 21.1 Å². The van der Waals surface area contributed by atoms with E-state index in [1.54, 1.807) is 6.92 Å². The number of fused-ring (bicyclic) bond motifs is 1. The second-order valence-corrected chi connectivity index (χ2v) is 6.91. The van der Waals surface area contributed by atoms with Crippen LogP contribution in [0, 0.1) is 11.6 Å². The molecule has 0 bridgehead atoms. The van der Waals surface area contributed by atoms with E-state index in [4.69, 9.17) is 0 Å². The summed E-state index contributed by atoms with van der Waals surface area (Å²) in [5, 5.41) is 4.28. The zero-order valence-electron chi connectivity index (χ0n) is 11.9. The number of nitrogens with one attached hydrogen (secondary N) is 1. The molecule has 4 nitrogen and oxygen atoms in total. The maximum atomic E-state index is 13.6. The van der Waals surface area contributed by atoms with Gasteiger partial charge in [-0.1, -0.05) is 17.8 Å². The van der Waals surface area contributed by atoms with Gasteiger partial charge in [0.25, 0.3) is 0 Å². The monoisotopic (exact) mass is 351 g/mol. The van der Waals surface area contributed by atoms with Gasteiger partial charge in [-0.15, -0.1) is 11.3 Å². The Morgan fingerprint density at radius 3 is 2.74 bits per heavy atom. The molecule has 23 heavy (non-hydrogen) atoms. The van der Waals surface area contributed by atoms with E-state index >= 15 is 0 Å². The van der Waals surface area contributed by atoms with Gasteiger partial charge in [0, 0.05) is 0 Å². The van der Waals surface area contributed by atoms with E-state index in [-0.39, 0.29) is 0 Å². The predicted octanol–water partition coefficient (Wildman–Crippen LogP) is 4.09. The Morgan fingerprint density at radius 1 is 1.26 bits per heavy atom. The molecule has 3 rings (SSSR count). The van der Waals surface area contributed by atoms with Crippen molar-refractivity contribution in [3.8, 4) is 0 Å². The summed E-state index contributed by atoms with van der Waals surface area (Å²) in [4.78, 5) is 20.5. The highest BCUT2D eigenvalue weighted by molar-refractivity contribution is 8.00. The van der Waals surface area contributed by atoms with E-state index in [2.05, 4.69) is 15.3 Å². The van der Waals surface area contributed by atoms with Gasteiger partial charge in [0.1, 0.15) is 28.7 Å². The van der Waals surface area contributed by atoms with Crippen molar-refractivity contribution in [2.75, 3.05) is 5.32 Å². The van der Waals surface area contributed by atoms with Crippen LogP contribution in [0.1, 0.15) is 6.92 Å². The van der Waals surface area contributed by atoms with Crippen LogP contribution in [-0.2, 0) is 4.79 Å². The van der Waals surface area contributed by atoms with E-state index in [1.807, 2.05) is 11.4 Å². The lowest BCUT2D eigenvalue weighted by molar-refractivity contribution is -0.115. The molecule has 1 aromatic carbocycles. The highest BCUT2D eigenvalue weighted by Gasteiger charge is 2.20. The third kappa shape index (κ3) is 3.32. The molecule has 0 saturated carbocycles. The minimum atomic E-state index is -0.807. The zero-order valence-corrected chi connectivity index (χ0v) is 13.5. The van der Waals surface area contributed by atoms with E-state index in [0.29, 0.717) is 5.03 Å². The van der Waals surface area contributed by atoms with Crippen LogP contribution in [0.15, 0.2) is 41.0 Å². The maximum Gasteiger partial charge on any atom is 0.237 e. The van der Waals surface area contributed by atoms with Crippen LogP contribution in [0.4, 0.5) is 14.5 Å². The summed E-state index contributed by atoms with van der Waals surface area (Å²) in [7, 11) is 0. The van der Waals surface area contributed by atoms with Crippen LogP contribution in [0.5, 0.6) is 0 Å². The van der Waals surface area contributed by atoms with E-state index < -0.39 is 28.5 Å². The molecule has 0 fully saturated rings. The molecule has 1 N–H and O–H groups in total. The number of thiophene rings is 1. The molecule has 0 spiro atoms. The molecule has 1 amide bonds.